The molecule has 11 rings (SSSR count). The number of aromatic carboxylic acids is 2. The molecule has 5 amide bonds. The number of carbonyl (C=O) groups is 7. The molecule has 4 heterocycles. The second-order valence-electron chi connectivity index (χ2n) is 26.4. The lowest BCUT2D eigenvalue weighted by atomic mass is 10.1. The fraction of sp³-hybridized carbons (Fsp3) is 0.150. The van der Waals surface area contributed by atoms with Crippen molar-refractivity contribution in [3.05, 3.63) is 289 Å². The van der Waals surface area contributed by atoms with Crippen LogP contribution in [0, 0.1) is 64.4 Å². The minimum absolute atomic E-state index is 0.00257. The lowest BCUT2D eigenvalue weighted by Gasteiger charge is -2.11. The maximum absolute atomic E-state index is 12.5. The van der Waals surface area contributed by atoms with E-state index in [1.807, 2.05) is 6.07 Å². The molecule has 7 aromatic carbocycles. The van der Waals surface area contributed by atoms with Crippen LogP contribution < -0.4 is 26.6 Å². The Morgan fingerprint density at radius 2 is 0.976 bits per heavy atom. The molecule has 0 spiro atoms. The normalized spacial score (nSPS) is 10.5. The van der Waals surface area contributed by atoms with Gasteiger partial charge < -0.3 is 87.9 Å². The molecule has 17 N–H and O–H groups in total. The smallest absolute Gasteiger partial charge is 0.417 e. The number of nitrogens with one attached hydrogen (secondary N) is 5. The third-order valence-corrected chi connectivity index (χ3v) is 17.3. The van der Waals surface area contributed by atoms with Crippen molar-refractivity contribution in [2.45, 2.75) is 77.9 Å². The van der Waals surface area contributed by atoms with Gasteiger partial charge in [0.15, 0.2) is 34.5 Å². The predicted molar refractivity (Wildman–Crippen MR) is 436 cm³/mol. The summed E-state index contributed by atoms with van der Waals surface area (Å²) in [5, 5.41) is 180. The monoisotopic (exact) mass is 1760 g/mol. The van der Waals surface area contributed by atoms with Crippen molar-refractivity contribution in [1.29, 1.82) is 0 Å². The van der Waals surface area contributed by atoms with Crippen LogP contribution in [-0.2, 0) is 68.8 Å². The number of carboxylic acids is 2. The Labute approximate surface area is 709 Å². The van der Waals surface area contributed by atoms with Crippen molar-refractivity contribution in [2.24, 2.45) is 0 Å². The molecule has 44 nitrogen and oxygen atoms in total. The SMILES string of the molecule is Cc1c(NC(=O)CCc2cc(O)c(O)c([N+](=O)[O-])c2)cccc1C(=O)O.Cc1ncc(-c2cccnc2)c(NC(=O)Cc2cc([N+](=O)[O-])cc(O)c2O)n1.O=C(CCc1cc(O)c(O)c([N+](=O)[O-])c1)NCc1cccnc1.O=C(CCc1cc([N+](=O)[O-])c(O)cc1O)Nc1cccc(C(=O)O)c1.O=C(Cc1cc(O)c(O)c([N+](=O)[O-])c1)Nc1ccc(C(F)(F)F)cn1. The van der Waals surface area contributed by atoms with Gasteiger partial charge in [0.05, 0.1) is 60.2 Å². The van der Waals surface area contributed by atoms with Crippen LogP contribution in [0.5, 0.6) is 57.5 Å². The number of nitrogens with zero attached hydrogens (tertiary/aromatic N) is 10. The summed E-state index contributed by atoms with van der Waals surface area (Å²) in [5.74, 6) is -11.0. The number of aromatic nitrogens is 5. The van der Waals surface area contributed by atoms with Gasteiger partial charge in [0, 0.05) is 133 Å². The molecule has 4 aromatic heterocycles. The average molecular weight is 1760 g/mol. The zero-order chi connectivity index (χ0) is 93.8. The first kappa shape index (κ1) is 96.3. The van der Waals surface area contributed by atoms with E-state index in [1.54, 1.807) is 69.1 Å². The molecule has 0 saturated carbocycles. The number of carbonyl (C=O) groups excluding carboxylic acids is 5. The number of non-ortho nitro benzene ring substituents is 1. The number of aromatic hydroxyl groups is 10. The number of halogens is 3. The third-order valence-electron chi connectivity index (χ3n) is 17.3. The minimum atomic E-state index is -4.56. The molecule has 0 aliphatic heterocycles. The zero-order valence-corrected chi connectivity index (χ0v) is 65.5. The number of nitro groups is 5. The van der Waals surface area contributed by atoms with Crippen LogP contribution in [0.15, 0.2) is 177 Å². The molecular weight excluding hydrogens is 1690 g/mol. The summed E-state index contributed by atoms with van der Waals surface area (Å²) in [4.78, 5) is 152. The highest BCUT2D eigenvalue weighted by molar-refractivity contribution is 5.98. The molecule has 0 bridgehead atoms. The standard InChI is InChI=1S/C18H15N5O5.C17H16N2O7.C16H14N2O7.C15H15N3O5.C14H10F3N3O5/c1-10-20-9-14(11-3-2-4-19-8-11)18(21-10)22-16(25)6-12-5-13(23(27)28)7-15(24)17(12)26;1-9-11(17(23)24)3-2-4-12(9)18-15(21)6-5-10-7-13(19(25)26)16(22)14(20)8-10;19-13-8-14(20)12(18(24)25)7-9(13)4-5-15(21)17-11-3-1-2-10(6-11)16(22)23;19-13-7-10(6-12(15(13)21)18(22)23)3-4-14(20)17-9-11-2-1-5-16-8-11;15-14(16,17)8-1-2-11(18-6-8)19-12(22)5-7-3-9(20(24)25)13(23)10(21)4-7/h2-5,7-9,24,26H,6H2,1H3,(H,20,21,22,25);2-4,7-8,20,22H,5-6H2,1H3,(H,18,21)(H,23,24);1-3,6-8,19-20H,4-5H2,(H,17,21)(H,22,23);1-2,5-8,19,21H,3-4,9H2,(H,17,20);1-4,6,21,23H,5H2,(H,18,19,22). The molecule has 0 aliphatic carbocycles. The van der Waals surface area contributed by atoms with E-state index in [2.05, 4.69) is 51.5 Å². The zero-order valence-electron chi connectivity index (χ0n) is 65.5. The van der Waals surface area contributed by atoms with E-state index in [0.717, 1.165) is 72.3 Å². The molecule has 660 valence electrons. The highest BCUT2D eigenvalue weighted by atomic mass is 19.4. The Kier molecular flexibility index (Phi) is 33.3. The number of pyridine rings is 3. The Bertz CT molecular complexity index is 6020. The van der Waals surface area contributed by atoms with E-state index in [0.29, 0.717) is 57.8 Å². The number of aryl methyl sites for hydroxylation is 4. The van der Waals surface area contributed by atoms with Gasteiger partial charge in [-0.15, -0.1) is 0 Å². The molecule has 0 fully saturated rings. The molecule has 47 heteroatoms. The number of anilines is 4. The molecule has 0 unspecified atom stereocenters. The quantitative estimate of drug-likeness (QED) is 0.0129. The van der Waals surface area contributed by atoms with E-state index in [9.17, 15) is 148 Å². The number of rotatable bonds is 27. The number of phenols is 10. The van der Waals surface area contributed by atoms with Crippen molar-refractivity contribution < 1.29 is 133 Å². The lowest BCUT2D eigenvalue weighted by Crippen LogP contribution is -2.23. The number of hydrogen-bond donors (Lipinski definition) is 17. The van der Waals surface area contributed by atoms with Gasteiger partial charge in [0.2, 0.25) is 46.8 Å². The van der Waals surface area contributed by atoms with Crippen LogP contribution in [-0.4, -0.2) is 152 Å². The first-order chi connectivity index (χ1) is 59.9. The highest BCUT2D eigenvalue weighted by Crippen LogP contribution is 2.41. The Hall–Kier alpha value is -17.9. The van der Waals surface area contributed by atoms with Crippen LogP contribution in [0.1, 0.15) is 90.3 Å². The maximum atomic E-state index is 12.5. The topological polar surface area (TPSA) is 703 Å². The predicted octanol–water partition coefficient (Wildman–Crippen LogP) is 11.5. The van der Waals surface area contributed by atoms with Crippen LogP contribution in [0.2, 0.25) is 0 Å². The summed E-state index contributed by atoms with van der Waals surface area (Å²) in [6.07, 6.45) is 3.39. The van der Waals surface area contributed by atoms with Gasteiger partial charge >= 0.3 is 40.9 Å². The molecule has 0 saturated heterocycles. The summed E-state index contributed by atoms with van der Waals surface area (Å²) in [7, 11) is 0. The number of amides is 5. The maximum Gasteiger partial charge on any atom is 0.417 e. The minimum Gasteiger partial charge on any atom is -0.508 e. The van der Waals surface area contributed by atoms with E-state index >= 15 is 0 Å². The second-order valence-corrected chi connectivity index (χ2v) is 26.4. The first-order valence-corrected chi connectivity index (χ1v) is 36.1. The molecular formula is C80H70F3N15O29. The molecule has 127 heavy (non-hydrogen) atoms. The van der Waals surface area contributed by atoms with Crippen LogP contribution in [0.4, 0.5) is 64.6 Å². The van der Waals surface area contributed by atoms with Gasteiger partial charge in [0.1, 0.15) is 23.2 Å². The second kappa shape index (κ2) is 43.9. The van der Waals surface area contributed by atoms with Gasteiger partial charge in [-0.1, -0.05) is 24.3 Å². The summed E-state index contributed by atoms with van der Waals surface area (Å²) in [6, 6.07) is 29.1. The number of benzene rings is 7. The van der Waals surface area contributed by atoms with Crippen LogP contribution in [0.3, 0.4) is 0 Å². The average Bonchev–Trinajstić information content (AvgIpc) is 0.832. The number of nitro benzene ring substituents is 5. The van der Waals surface area contributed by atoms with Crippen LogP contribution in [0.25, 0.3) is 11.1 Å². The van der Waals surface area contributed by atoms with Gasteiger partial charge in [0.25, 0.3) is 5.69 Å². The molecule has 0 radical (unpaired) electrons. The number of alkyl halides is 3. The van der Waals surface area contributed by atoms with Gasteiger partial charge in [-0.2, -0.15) is 13.2 Å². The number of hydrogen-bond acceptors (Lipinski definition) is 32. The molecule has 0 atom stereocenters. The first-order valence-electron chi connectivity index (χ1n) is 36.1. The Balaban J connectivity index is 0.000000218. The fourth-order valence-electron chi connectivity index (χ4n) is 11.0. The Morgan fingerprint density at radius 1 is 0.433 bits per heavy atom. The number of carboxylic acid groups (broad SMARTS) is 2. The van der Waals surface area contributed by atoms with E-state index in [-0.39, 0.29) is 89.6 Å². The fourth-order valence-corrected chi connectivity index (χ4v) is 11.0. The lowest BCUT2D eigenvalue weighted by molar-refractivity contribution is -0.386. The Morgan fingerprint density at radius 3 is 1.51 bits per heavy atom. The van der Waals surface area contributed by atoms with Gasteiger partial charge in [-0.3, -0.25) is 84.5 Å². The van der Waals surface area contributed by atoms with E-state index in [4.69, 9.17) is 10.2 Å². The van der Waals surface area contributed by atoms with Crippen molar-refractivity contribution >= 4 is 92.9 Å². The molecule has 11 aromatic rings. The van der Waals surface area contributed by atoms with Crippen molar-refractivity contribution in [3.8, 4) is 68.6 Å². The van der Waals surface area contributed by atoms with Crippen molar-refractivity contribution in [2.75, 3.05) is 21.3 Å². The van der Waals surface area contributed by atoms with Crippen molar-refractivity contribution in [3.63, 3.8) is 0 Å². The molecule has 0 aliphatic rings. The summed E-state index contributed by atoms with van der Waals surface area (Å²) < 4.78 is 37.2. The summed E-state index contributed by atoms with van der Waals surface area (Å²) >= 11 is 0. The summed E-state index contributed by atoms with van der Waals surface area (Å²) in [5.41, 5.74) is 0.00381. The van der Waals surface area contributed by atoms with Crippen molar-refractivity contribution in [1.82, 2.24) is 30.2 Å². The van der Waals surface area contributed by atoms with Crippen LogP contribution >= 0.6 is 0 Å². The summed E-state index contributed by atoms with van der Waals surface area (Å²) in [6.45, 7) is 3.57. The third kappa shape index (κ3) is 28.4. The number of phenolic OH excluding ortho intramolecular Hbond substituents is 10. The van der Waals surface area contributed by atoms with Gasteiger partial charge in [-0.05, 0) is 134 Å². The highest BCUT2D eigenvalue weighted by Gasteiger charge is 2.31. The van der Waals surface area contributed by atoms with E-state index in [1.165, 1.54) is 42.5 Å². The largest absolute Gasteiger partial charge is 0.508 e. The van der Waals surface area contributed by atoms with Gasteiger partial charge in [-0.25, -0.2) is 24.5 Å². The van der Waals surface area contributed by atoms with E-state index < -0.39 is 165 Å².